The predicted octanol–water partition coefficient (Wildman–Crippen LogP) is 0.446. The van der Waals surface area contributed by atoms with E-state index in [0.29, 0.717) is 17.9 Å². The molecule has 0 bridgehead atoms. The first kappa shape index (κ1) is 15.7. The van der Waals surface area contributed by atoms with Gasteiger partial charge in [-0.2, -0.15) is 15.0 Å². The van der Waals surface area contributed by atoms with Crippen molar-refractivity contribution in [3.63, 3.8) is 0 Å². The molecule has 0 aromatic carbocycles. The van der Waals surface area contributed by atoms with Crippen molar-refractivity contribution in [2.45, 2.75) is 13.3 Å². The number of morpholine rings is 1. The van der Waals surface area contributed by atoms with E-state index in [-0.39, 0.29) is 0 Å². The topological polar surface area (TPSA) is 84.4 Å². The van der Waals surface area contributed by atoms with Crippen molar-refractivity contribution in [3.05, 3.63) is 0 Å². The van der Waals surface area contributed by atoms with Crippen LogP contribution in [0.3, 0.4) is 0 Å². The molecule has 1 fully saturated rings. The molecule has 118 valence electrons. The van der Waals surface area contributed by atoms with Gasteiger partial charge in [0.2, 0.25) is 11.9 Å². The van der Waals surface area contributed by atoms with Gasteiger partial charge in [0.1, 0.15) is 0 Å². The van der Waals surface area contributed by atoms with Crippen molar-refractivity contribution in [1.29, 1.82) is 0 Å². The number of anilines is 2. The van der Waals surface area contributed by atoms with Crippen LogP contribution >= 0.6 is 0 Å². The van der Waals surface area contributed by atoms with Gasteiger partial charge in [-0.3, -0.25) is 4.90 Å². The molecule has 0 radical (unpaired) electrons. The van der Waals surface area contributed by atoms with E-state index in [9.17, 15) is 0 Å². The second-order valence-electron chi connectivity index (χ2n) is 4.78. The van der Waals surface area contributed by atoms with Crippen LogP contribution in [0, 0.1) is 0 Å². The van der Waals surface area contributed by atoms with Crippen LogP contribution in [-0.4, -0.2) is 72.9 Å². The predicted molar refractivity (Wildman–Crippen MR) is 80.9 cm³/mol. The Labute approximate surface area is 125 Å². The minimum Gasteiger partial charge on any atom is -0.467 e. The number of hydrogen-bond donors (Lipinski definition) is 2. The van der Waals surface area contributed by atoms with Crippen LogP contribution in [0.4, 0.5) is 11.9 Å². The molecule has 0 atom stereocenters. The van der Waals surface area contributed by atoms with Crippen LogP contribution in [0.1, 0.15) is 13.3 Å². The Bertz CT molecular complexity index is 425. The quantitative estimate of drug-likeness (QED) is 0.715. The normalized spacial score (nSPS) is 15.7. The van der Waals surface area contributed by atoms with E-state index >= 15 is 0 Å². The Morgan fingerprint density at radius 2 is 1.76 bits per heavy atom. The lowest BCUT2D eigenvalue weighted by molar-refractivity contribution is 0.0398. The Morgan fingerprint density at radius 1 is 1.10 bits per heavy atom. The Kier molecular flexibility index (Phi) is 6.42. The van der Waals surface area contributed by atoms with Crippen LogP contribution in [0.2, 0.25) is 0 Å². The molecule has 0 saturated carbocycles. The lowest BCUT2D eigenvalue weighted by Gasteiger charge is -2.26. The van der Waals surface area contributed by atoms with Crippen LogP contribution in [0.15, 0.2) is 0 Å². The van der Waals surface area contributed by atoms with Gasteiger partial charge in [-0.25, -0.2) is 0 Å². The molecule has 2 N–H and O–H groups in total. The molecule has 8 heteroatoms. The van der Waals surface area contributed by atoms with E-state index in [4.69, 9.17) is 9.47 Å². The smallest absolute Gasteiger partial charge is 0.322 e. The van der Waals surface area contributed by atoms with Crippen molar-refractivity contribution in [3.8, 4) is 6.01 Å². The Balaban J connectivity index is 1.85. The van der Waals surface area contributed by atoms with E-state index in [1.165, 1.54) is 0 Å². The number of rotatable bonds is 8. The van der Waals surface area contributed by atoms with Crippen molar-refractivity contribution in [2.24, 2.45) is 0 Å². The summed E-state index contributed by atoms with van der Waals surface area (Å²) in [6, 6.07) is 0.317. The zero-order valence-corrected chi connectivity index (χ0v) is 12.8. The van der Waals surface area contributed by atoms with Gasteiger partial charge >= 0.3 is 6.01 Å². The first-order valence-corrected chi connectivity index (χ1v) is 7.39. The molecule has 0 unspecified atom stereocenters. The standard InChI is InChI=1S/C13H24N6O2/c1-3-4-14-11-16-12(18-13(17-11)20-2)15-5-6-19-7-9-21-10-8-19/h3-10H2,1-2H3,(H2,14,15,16,17,18). The third-order valence-corrected chi connectivity index (χ3v) is 3.15. The minimum absolute atomic E-state index is 0.317. The largest absolute Gasteiger partial charge is 0.467 e. The molecule has 1 aliphatic rings. The van der Waals surface area contributed by atoms with Crippen molar-refractivity contribution >= 4 is 11.9 Å². The summed E-state index contributed by atoms with van der Waals surface area (Å²) in [5.41, 5.74) is 0. The zero-order valence-electron chi connectivity index (χ0n) is 12.8. The van der Waals surface area contributed by atoms with Gasteiger partial charge < -0.3 is 20.1 Å². The molecule has 8 nitrogen and oxygen atoms in total. The highest BCUT2D eigenvalue weighted by Crippen LogP contribution is 2.10. The summed E-state index contributed by atoms with van der Waals surface area (Å²) in [7, 11) is 1.55. The SMILES string of the molecule is CCCNc1nc(NCCN2CCOCC2)nc(OC)n1. The summed E-state index contributed by atoms with van der Waals surface area (Å²) in [5, 5.41) is 6.36. The molecule has 0 amide bonds. The molecular formula is C13H24N6O2. The first-order valence-electron chi connectivity index (χ1n) is 7.39. The molecule has 1 saturated heterocycles. The molecule has 2 rings (SSSR count). The molecule has 21 heavy (non-hydrogen) atoms. The average Bonchev–Trinajstić information content (AvgIpc) is 2.53. The van der Waals surface area contributed by atoms with E-state index in [2.05, 4.69) is 37.4 Å². The monoisotopic (exact) mass is 296 g/mol. The van der Waals surface area contributed by atoms with Crippen molar-refractivity contribution in [1.82, 2.24) is 19.9 Å². The van der Waals surface area contributed by atoms with Crippen molar-refractivity contribution in [2.75, 3.05) is 63.7 Å². The van der Waals surface area contributed by atoms with E-state index in [1.807, 2.05) is 0 Å². The van der Waals surface area contributed by atoms with Gasteiger partial charge in [0.05, 0.1) is 20.3 Å². The summed E-state index contributed by atoms with van der Waals surface area (Å²) >= 11 is 0. The molecular weight excluding hydrogens is 272 g/mol. The molecule has 0 spiro atoms. The Hall–Kier alpha value is -1.67. The van der Waals surface area contributed by atoms with Crippen LogP contribution in [0.5, 0.6) is 6.01 Å². The fourth-order valence-electron chi connectivity index (χ4n) is 1.99. The minimum atomic E-state index is 0.317. The third kappa shape index (κ3) is 5.31. The maximum absolute atomic E-state index is 5.33. The van der Waals surface area contributed by atoms with Gasteiger partial charge in [-0.05, 0) is 6.42 Å². The summed E-state index contributed by atoms with van der Waals surface area (Å²) in [6.45, 7) is 8.20. The highest BCUT2D eigenvalue weighted by Gasteiger charge is 2.10. The maximum Gasteiger partial charge on any atom is 0.322 e. The summed E-state index contributed by atoms with van der Waals surface area (Å²) in [6.07, 6.45) is 1.01. The molecule has 2 heterocycles. The van der Waals surface area contributed by atoms with E-state index in [0.717, 1.165) is 52.4 Å². The lowest BCUT2D eigenvalue weighted by atomic mass is 10.4. The molecule has 0 aliphatic carbocycles. The number of aromatic nitrogens is 3. The first-order chi connectivity index (χ1) is 10.3. The van der Waals surface area contributed by atoms with Gasteiger partial charge in [0.15, 0.2) is 0 Å². The van der Waals surface area contributed by atoms with Crippen LogP contribution in [-0.2, 0) is 4.74 Å². The molecule has 1 aromatic rings. The maximum atomic E-state index is 5.33. The second-order valence-corrected chi connectivity index (χ2v) is 4.78. The summed E-state index contributed by atoms with van der Waals surface area (Å²) in [4.78, 5) is 15.1. The number of nitrogens with one attached hydrogen (secondary N) is 2. The summed E-state index contributed by atoms with van der Waals surface area (Å²) < 4.78 is 10.4. The van der Waals surface area contributed by atoms with Gasteiger partial charge in [-0.1, -0.05) is 6.92 Å². The highest BCUT2D eigenvalue weighted by atomic mass is 16.5. The zero-order chi connectivity index (χ0) is 14.9. The van der Waals surface area contributed by atoms with Crippen LogP contribution in [0.25, 0.3) is 0 Å². The second kappa shape index (κ2) is 8.58. The average molecular weight is 296 g/mol. The van der Waals surface area contributed by atoms with Gasteiger partial charge in [0.25, 0.3) is 0 Å². The van der Waals surface area contributed by atoms with E-state index < -0.39 is 0 Å². The highest BCUT2D eigenvalue weighted by molar-refractivity contribution is 5.35. The van der Waals surface area contributed by atoms with Gasteiger partial charge in [-0.15, -0.1) is 0 Å². The Morgan fingerprint density at radius 3 is 2.38 bits per heavy atom. The van der Waals surface area contributed by atoms with Gasteiger partial charge in [0, 0.05) is 32.7 Å². The number of methoxy groups -OCH3 is 1. The fraction of sp³-hybridized carbons (Fsp3) is 0.769. The number of ether oxygens (including phenoxy) is 2. The van der Waals surface area contributed by atoms with E-state index in [1.54, 1.807) is 7.11 Å². The fourth-order valence-corrected chi connectivity index (χ4v) is 1.99. The summed E-state index contributed by atoms with van der Waals surface area (Å²) in [5.74, 6) is 1.08. The number of hydrogen-bond acceptors (Lipinski definition) is 8. The third-order valence-electron chi connectivity index (χ3n) is 3.15. The van der Waals surface area contributed by atoms with Crippen molar-refractivity contribution < 1.29 is 9.47 Å². The molecule has 1 aromatic heterocycles. The van der Waals surface area contributed by atoms with Crippen LogP contribution < -0.4 is 15.4 Å². The lowest BCUT2D eigenvalue weighted by Crippen LogP contribution is -2.39. The number of nitrogens with zero attached hydrogens (tertiary/aromatic N) is 4. The molecule has 1 aliphatic heterocycles.